The Hall–Kier alpha value is -2.90. The largest absolute Gasteiger partial charge is 0.432 e. The highest BCUT2D eigenvalue weighted by Crippen LogP contribution is 2.30. The lowest BCUT2D eigenvalue weighted by Gasteiger charge is -2.08. The minimum absolute atomic E-state index is 0.0316. The van der Waals surface area contributed by atoms with Crippen LogP contribution < -0.4 is 10.1 Å². The lowest BCUT2D eigenvalue weighted by atomic mass is 10.2. The fourth-order valence-corrected chi connectivity index (χ4v) is 1.86. The number of nitrogens with zero attached hydrogens (tertiary/aromatic N) is 3. The first-order valence-electron chi connectivity index (χ1n) is 7.18. The SMILES string of the molecule is CCC(C)NC(=O)c1cc(Oc2ccccc2[N+](=O)[O-])n(C)n1. The van der Waals surface area contributed by atoms with Crippen LogP contribution in [0.4, 0.5) is 5.69 Å². The van der Waals surface area contributed by atoms with Crippen molar-refractivity contribution in [1.82, 2.24) is 15.1 Å². The van der Waals surface area contributed by atoms with E-state index in [-0.39, 0.29) is 35.0 Å². The molecule has 8 nitrogen and oxygen atoms in total. The van der Waals surface area contributed by atoms with Gasteiger partial charge in [0.25, 0.3) is 5.91 Å². The molecule has 0 fully saturated rings. The molecule has 1 N–H and O–H groups in total. The van der Waals surface area contributed by atoms with Crippen LogP contribution in [0.2, 0.25) is 0 Å². The Kier molecular flexibility index (Phi) is 4.95. The van der Waals surface area contributed by atoms with E-state index < -0.39 is 4.92 Å². The fraction of sp³-hybridized carbons (Fsp3) is 0.333. The summed E-state index contributed by atoms with van der Waals surface area (Å²) in [7, 11) is 1.60. The number of amides is 1. The summed E-state index contributed by atoms with van der Waals surface area (Å²) in [5.74, 6) is 0.0235. The van der Waals surface area contributed by atoms with Gasteiger partial charge in [0.05, 0.1) is 4.92 Å². The number of nitro groups is 1. The average Bonchev–Trinajstić information content (AvgIpc) is 2.88. The van der Waals surface area contributed by atoms with Crippen molar-refractivity contribution in [2.45, 2.75) is 26.3 Å². The van der Waals surface area contributed by atoms with Crippen molar-refractivity contribution in [3.63, 3.8) is 0 Å². The van der Waals surface area contributed by atoms with Gasteiger partial charge in [-0.2, -0.15) is 5.10 Å². The number of nitro benzene ring substituents is 1. The van der Waals surface area contributed by atoms with Crippen LogP contribution in [0, 0.1) is 10.1 Å². The van der Waals surface area contributed by atoms with E-state index in [1.807, 2.05) is 13.8 Å². The molecule has 1 aromatic heterocycles. The zero-order chi connectivity index (χ0) is 17.0. The molecule has 0 saturated carbocycles. The van der Waals surface area contributed by atoms with Gasteiger partial charge >= 0.3 is 5.69 Å². The minimum atomic E-state index is -0.526. The second-order valence-corrected chi connectivity index (χ2v) is 5.10. The zero-order valence-electron chi connectivity index (χ0n) is 13.1. The van der Waals surface area contributed by atoms with E-state index >= 15 is 0 Å². The molecule has 122 valence electrons. The third kappa shape index (κ3) is 3.85. The van der Waals surface area contributed by atoms with Crippen molar-refractivity contribution >= 4 is 11.6 Å². The van der Waals surface area contributed by atoms with Crippen LogP contribution in [-0.4, -0.2) is 26.7 Å². The molecular formula is C15H18N4O4. The fourth-order valence-electron chi connectivity index (χ4n) is 1.86. The number of benzene rings is 1. The van der Waals surface area contributed by atoms with Crippen LogP contribution in [0.25, 0.3) is 0 Å². The maximum atomic E-state index is 12.1. The highest BCUT2D eigenvalue weighted by Gasteiger charge is 2.19. The van der Waals surface area contributed by atoms with E-state index in [4.69, 9.17) is 4.74 Å². The number of aryl methyl sites for hydroxylation is 1. The number of carbonyl (C=O) groups is 1. The molecule has 1 atom stereocenters. The van der Waals surface area contributed by atoms with Gasteiger partial charge in [-0.1, -0.05) is 19.1 Å². The predicted molar refractivity (Wildman–Crippen MR) is 83.6 cm³/mol. The van der Waals surface area contributed by atoms with E-state index in [1.54, 1.807) is 19.2 Å². The molecule has 8 heteroatoms. The van der Waals surface area contributed by atoms with Crippen LogP contribution >= 0.6 is 0 Å². The molecule has 2 aromatic rings. The van der Waals surface area contributed by atoms with Gasteiger partial charge in [-0.15, -0.1) is 0 Å². The van der Waals surface area contributed by atoms with E-state index in [9.17, 15) is 14.9 Å². The Morgan fingerprint density at radius 3 is 2.83 bits per heavy atom. The number of nitrogens with one attached hydrogen (secondary N) is 1. The number of ether oxygens (including phenoxy) is 1. The Bertz CT molecular complexity index is 726. The summed E-state index contributed by atoms with van der Waals surface area (Å²) >= 11 is 0. The van der Waals surface area contributed by atoms with E-state index in [0.717, 1.165) is 6.42 Å². The van der Waals surface area contributed by atoms with Crippen molar-refractivity contribution < 1.29 is 14.5 Å². The van der Waals surface area contributed by atoms with Crippen LogP contribution in [0.3, 0.4) is 0 Å². The lowest BCUT2D eigenvalue weighted by molar-refractivity contribution is -0.385. The molecule has 0 saturated heterocycles. The molecule has 1 heterocycles. The molecule has 0 radical (unpaired) electrons. The summed E-state index contributed by atoms with van der Waals surface area (Å²) in [4.78, 5) is 22.5. The first kappa shape index (κ1) is 16.5. The molecule has 1 unspecified atom stereocenters. The summed E-state index contributed by atoms with van der Waals surface area (Å²) in [5.41, 5.74) is 0.0423. The van der Waals surface area contributed by atoms with Crippen LogP contribution in [-0.2, 0) is 7.05 Å². The number of carbonyl (C=O) groups excluding carboxylic acids is 1. The van der Waals surface area contributed by atoms with E-state index in [0.29, 0.717) is 0 Å². The van der Waals surface area contributed by atoms with Gasteiger partial charge in [0.2, 0.25) is 11.6 Å². The maximum absolute atomic E-state index is 12.1. The van der Waals surface area contributed by atoms with Gasteiger partial charge in [-0.3, -0.25) is 14.9 Å². The van der Waals surface area contributed by atoms with Crippen molar-refractivity contribution in [3.8, 4) is 11.6 Å². The number of para-hydroxylation sites is 2. The van der Waals surface area contributed by atoms with Gasteiger partial charge in [-0.25, -0.2) is 4.68 Å². The van der Waals surface area contributed by atoms with Gasteiger partial charge < -0.3 is 10.1 Å². The van der Waals surface area contributed by atoms with Crippen LogP contribution in [0.1, 0.15) is 30.8 Å². The Labute approximate surface area is 133 Å². The number of aromatic nitrogens is 2. The van der Waals surface area contributed by atoms with E-state index in [2.05, 4.69) is 10.4 Å². The quantitative estimate of drug-likeness (QED) is 0.652. The van der Waals surface area contributed by atoms with Crippen molar-refractivity contribution in [3.05, 3.63) is 46.1 Å². The summed E-state index contributed by atoms with van der Waals surface area (Å²) in [6.45, 7) is 3.86. The first-order chi connectivity index (χ1) is 10.9. The normalized spacial score (nSPS) is 11.8. The molecular weight excluding hydrogens is 300 g/mol. The van der Waals surface area contributed by atoms with E-state index in [1.165, 1.54) is 22.9 Å². The smallest absolute Gasteiger partial charge is 0.311 e. The summed E-state index contributed by atoms with van der Waals surface area (Å²) in [6, 6.07) is 7.51. The second-order valence-electron chi connectivity index (χ2n) is 5.10. The maximum Gasteiger partial charge on any atom is 0.311 e. The minimum Gasteiger partial charge on any atom is -0.432 e. The molecule has 1 amide bonds. The molecule has 0 bridgehead atoms. The van der Waals surface area contributed by atoms with Crippen molar-refractivity contribution in [2.75, 3.05) is 0 Å². The van der Waals surface area contributed by atoms with Crippen LogP contribution in [0.5, 0.6) is 11.6 Å². The average molecular weight is 318 g/mol. The number of rotatable bonds is 6. The van der Waals surface area contributed by atoms with Gasteiger partial charge in [-0.05, 0) is 19.4 Å². The predicted octanol–water partition coefficient (Wildman–Crippen LogP) is 2.65. The summed E-state index contributed by atoms with van der Waals surface area (Å²) < 4.78 is 6.91. The molecule has 0 spiro atoms. The van der Waals surface area contributed by atoms with Gasteiger partial charge in [0, 0.05) is 25.2 Å². The Morgan fingerprint density at radius 1 is 1.48 bits per heavy atom. The molecule has 2 rings (SSSR count). The standard InChI is InChI=1S/C15H18N4O4/c1-4-10(2)16-15(20)11-9-14(18(3)17-11)23-13-8-6-5-7-12(13)19(21)22/h5-10H,4H2,1-3H3,(H,16,20). The summed E-state index contributed by atoms with van der Waals surface area (Å²) in [5, 5.41) is 17.9. The monoisotopic (exact) mass is 318 g/mol. The summed E-state index contributed by atoms with van der Waals surface area (Å²) in [6.07, 6.45) is 0.804. The number of hydrogen-bond donors (Lipinski definition) is 1. The Balaban J connectivity index is 2.23. The van der Waals surface area contributed by atoms with Gasteiger partial charge in [0.15, 0.2) is 5.69 Å². The molecule has 23 heavy (non-hydrogen) atoms. The first-order valence-corrected chi connectivity index (χ1v) is 7.18. The van der Waals surface area contributed by atoms with Crippen molar-refractivity contribution in [1.29, 1.82) is 0 Å². The third-order valence-electron chi connectivity index (χ3n) is 3.34. The molecule has 0 aliphatic heterocycles. The third-order valence-corrected chi connectivity index (χ3v) is 3.34. The number of hydrogen-bond acceptors (Lipinski definition) is 5. The highest BCUT2D eigenvalue weighted by atomic mass is 16.6. The highest BCUT2D eigenvalue weighted by molar-refractivity contribution is 5.92. The molecule has 0 aliphatic carbocycles. The van der Waals surface area contributed by atoms with Crippen LogP contribution in [0.15, 0.2) is 30.3 Å². The topological polar surface area (TPSA) is 99.3 Å². The van der Waals surface area contributed by atoms with Crippen molar-refractivity contribution in [2.24, 2.45) is 7.05 Å². The molecule has 1 aromatic carbocycles. The van der Waals surface area contributed by atoms with Gasteiger partial charge in [0.1, 0.15) is 0 Å². The second kappa shape index (κ2) is 6.91. The zero-order valence-corrected chi connectivity index (χ0v) is 13.1. The lowest BCUT2D eigenvalue weighted by Crippen LogP contribution is -2.32. The molecule has 0 aliphatic rings. The Morgan fingerprint density at radius 2 is 2.17 bits per heavy atom.